The molecule has 0 saturated heterocycles. The highest BCUT2D eigenvalue weighted by molar-refractivity contribution is 7.99. The second-order valence-electron chi connectivity index (χ2n) is 6.94. The minimum atomic E-state index is 0.0435. The van der Waals surface area contributed by atoms with E-state index in [2.05, 4.69) is 15.5 Å². The van der Waals surface area contributed by atoms with Crippen LogP contribution in [0.25, 0.3) is 11.5 Å². The van der Waals surface area contributed by atoms with Gasteiger partial charge in [-0.05, 0) is 50.2 Å². The molecule has 0 aliphatic heterocycles. The first kappa shape index (κ1) is 17.4. The molecular weight excluding hydrogens is 350 g/mol. The first-order valence-corrected chi connectivity index (χ1v) is 10.2. The van der Waals surface area contributed by atoms with Crippen molar-refractivity contribution in [3.05, 3.63) is 24.3 Å². The summed E-state index contributed by atoms with van der Waals surface area (Å²) in [6.45, 7) is 2.50. The average Bonchev–Trinajstić information content (AvgIpc) is 3.38. The minimum absolute atomic E-state index is 0.0435. The van der Waals surface area contributed by atoms with Crippen molar-refractivity contribution >= 4 is 17.7 Å². The van der Waals surface area contributed by atoms with Crippen LogP contribution in [0.3, 0.4) is 0 Å². The van der Waals surface area contributed by atoms with E-state index in [1.54, 1.807) is 0 Å². The Morgan fingerprint density at radius 2 is 2.19 bits per heavy atom. The van der Waals surface area contributed by atoms with Gasteiger partial charge in [-0.1, -0.05) is 30.3 Å². The van der Waals surface area contributed by atoms with E-state index in [9.17, 15) is 4.79 Å². The van der Waals surface area contributed by atoms with Crippen molar-refractivity contribution in [3.8, 4) is 17.2 Å². The van der Waals surface area contributed by atoms with Gasteiger partial charge in [0.1, 0.15) is 5.75 Å². The molecule has 138 valence electrons. The van der Waals surface area contributed by atoms with Crippen molar-refractivity contribution in [1.29, 1.82) is 0 Å². The zero-order valence-corrected chi connectivity index (χ0v) is 15.6. The monoisotopic (exact) mass is 373 g/mol. The smallest absolute Gasteiger partial charge is 0.277 e. The van der Waals surface area contributed by atoms with Crippen molar-refractivity contribution < 1.29 is 13.9 Å². The van der Waals surface area contributed by atoms with E-state index >= 15 is 0 Å². The van der Waals surface area contributed by atoms with Crippen molar-refractivity contribution in [2.75, 3.05) is 12.4 Å². The van der Waals surface area contributed by atoms with Gasteiger partial charge < -0.3 is 14.5 Å². The molecule has 0 unspecified atom stereocenters. The molecule has 26 heavy (non-hydrogen) atoms. The number of ether oxygens (including phenoxy) is 1. The van der Waals surface area contributed by atoms with Gasteiger partial charge in [0, 0.05) is 6.04 Å². The highest BCUT2D eigenvalue weighted by atomic mass is 32.2. The second kappa shape index (κ2) is 7.70. The molecule has 1 heterocycles. The Morgan fingerprint density at radius 3 is 2.96 bits per heavy atom. The van der Waals surface area contributed by atoms with E-state index in [1.807, 2.05) is 31.2 Å². The van der Waals surface area contributed by atoms with Crippen LogP contribution in [0.4, 0.5) is 0 Å². The number of fused-ring (bicyclic) bond motifs is 2. The first-order chi connectivity index (χ1) is 12.7. The molecule has 0 spiro atoms. The summed E-state index contributed by atoms with van der Waals surface area (Å²) < 4.78 is 11.3. The predicted octanol–water partition coefficient (Wildman–Crippen LogP) is 3.53. The third-order valence-electron chi connectivity index (χ3n) is 5.23. The number of hydrogen-bond acceptors (Lipinski definition) is 6. The van der Waals surface area contributed by atoms with Crippen LogP contribution >= 0.6 is 11.8 Å². The van der Waals surface area contributed by atoms with Crippen LogP contribution in [0.2, 0.25) is 0 Å². The third kappa shape index (κ3) is 3.72. The Hall–Kier alpha value is -2.02. The number of aromatic nitrogens is 2. The maximum absolute atomic E-state index is 12.2. The van der Waals surface area contributed by atoms with Gasteiger partial charge in [-0.15, -0.1) is 10.2 Å². The molecule has 2 saturated carbocycles. The Labute approximate surface area is 157 Å². The highest BCUT2D eigenvalue weighted by Gasteiger charge is 2.40. The Morgan fingerprint density at radius 1 is 1.31 bits per heavy atom. The van der Waals surface area contributed by atoms with Crippen LogP contribution < -0.4 is 10.1 Å². The van der Waals surface area contributed by atoms with Crippen molar-refractivity contribution in [1.82, 2.24) is 15.5 Å². The zero-order chi connectivity index (χ0) is 17.9. The van der Waals surface area contributed by atoms with Gasteiger partial charge in [0.2, 0.25) is 5.91 Å². The van der Waals surface area contributed by atoms with Gasteiger partial charge in [-0.25, -0.2) is 0 Å². The number of hydrogen-bond donors (Lipinski definition) is 1. The quantitative estimate of drug-likeness (QED) is 0.748. The molecule has 6 nitrogen and oxygen atoms in total. The van der Waals surface area contributed by atoms with Gasteiger partial charge in [0.15, 0.2) is 0 Å². The van der Waals surface area contributed by atoms with Gasteiger partial charge in [-0.2, -0.15) is 0 Å². The molecule has 1 N–H and O–H groups in total. The highest BCUT2D eigenvalue weighted by Crippen LogP contribution is 2.44. The standard InChI is InChI=1S/C19H23N3O3S/c1-2-24-16-6-4-3-5-14(16)18-21-22-19(25-18)26-11-17(23)20-15-10-12-7-8-13(15)9-12/h3-6,12-13,15H,2,7-11H2,1H3,(H,20,23)/t12-,13-,15+/m0/s1. The second-order valence-corrected chi connectivity index (χ2v) is 7.87. The molecule has 1 aromatic heterocycles. The van der Waals surface area contributed by atoms with Gasteiger partial charge in [0.05, 0.1) is 17.9 Å². The largest absolute Gasteiger partial charge is 0.493 e. The lowest BCUT2D eigenvalue weighted by Gasteiger charge is -2.22. The van der Waals surface area contributed by atoms with Crippen molar-refractivity contribution in [2.24, 2.45) is 11.8 Å². The molecule has 2 aliphatic rings. The Balaban J connectivity index is 1.33. The SMILES string of the molecule is CCOc1ccccc1-c1nnc(SCC(=O)N[C@@H]2C[C@H]3CC[C@H]2C3)o1. The van der Waals surface area contributed by atoms with E-state index < -0.39 is 0 Å². The summed E-state index contributed by atoms with van der Waals surface area (Å²) in [5.41, 5.74) is 0.764. The summed E-state index contributed by atoms with van der Waals surface area (Å²) in [6, 6.07) is 7.92. The number of nitrogens with one attached hydrogen (secondary N) is 1. The molecule has 7 heteroatoms. The van der Waals surface area contributed by atoms with E-state index in [0.29, 0.717) is 41.2 Å². The number of amides is 1. The van der Waals surface area contributed by atoms with Crippen LogP contribution in [0.15, 0.2) is 33.9 Å². The molecule has 2 fully saturated rings. The summed E-state index contributed by atoms with van der Waals surface area (Å²) in [4.78, 5) is 12.2. The minimum Gasteiger partial charge on any atom is -0.493 e. The number of carbonyl (C=O) groups excluding carboxylic acids is 1. The fourth-order valence-corrected chi connectivity index (χ4v) is 4.67. The topological polar surface area (TPSA) is 77.2 Å². The molecule has 2 aromatic rings. The normalized spacial score (nSPS) is 24.0. The maximum atomic E-state index is 12.2. The third-order valence-corrected chi connectivity index (χ3v) is 6.05. The van der Waals surface area contributed by atoms with Crippen molar-refractivity contribution in [3.63, 3.8) is 0 Å². The van der Waals surface area contributed by atoms with E-state index in [4.69, 9.17) is 9.15 Å². The number of carbonyl (C=O) groups is 1. The average molecular weight is 373 g/mol. The lowest BCUT2D eigenvalue weighted by atomic mass is 9.95. The molecule has 0 radical (unpaired) electrons. The lowest BCUT2D eigenvalue weighted by molar-refractivity contribution is -0.119. The van der Waals surface area contributed by atoms with Crippen LogP contribution in [0.1, 0.15) is 32.6 Å². The van der Waals surface area contributed by atoms with Crippen LogP contribution in [0, 0.1) is 11.8 Å². The first-order valence-electron chi connectivity index (χ1n) is 9.20. The number of rotatable bonds is 7. The van der Waals surface area contributed by atoms with Gasteiger partial charge >= 0.3 is 0 Å². The Kier molecular flexibility index (Phi) is 5.15. The molecule has 2 aliphatic carbocycles. The van der Waals surface area contributed by atoms with Gasteiger partial charge in [0.25, 0.3) is 11.1 Å². The zero-order valence-electron chi connectivity index (χ0n) is 14.8. The van der Waals surface area contributed by atoms with Crippen molar-refractivity contribution in [2.45, 2.75) is 43.9 Å². The van der Waals surface area contributed by atoms with Crippen LogP contribution in [-0.4, -0.2) is 34.5 Å². The fraction of sp³-hybridized carbons (Fsp3) is 0.526. The summed E-state index contributed by atoms with van der Waals surface area (Å²) in [7, 11) is 0. The molecule has 1 amide bonds. The predicted molar refractivity (Wildman–Crippen MR) is 99.0 cm³/mol. The number of thioether (sulfide) groups is 1. The van der Waals surface area contributed by atoms with E-state index in [1.165, 1.54) is 31.0 Å². The Bertz CT molecular complexity index is 779. The molecule has 2 bridgehead atoms. The van der Waals surface area contributed by atoms with E-state index in [0.717, 1.165) is 17.9 Å². The summed E-state index contributed by atoms with van der Waals surface area (Å²) in [6.07, 6.45) is 5.01. The maximum Gasteiger partial charge on any atom is 0.277 e. The fourth-order valence-electron chi connectivity index (χ4n) is 4.10. The molecule has 3 atom stereocenters. The van der Waals surface area contributed by atoms with E-state index in [-0.39, 0.29) is 5.91 Å². The number of para-hydroxylation sites is 1. The molecule has 4 rings (SSSR count). The molecular formula is C19H23N3O3S. The lowest BCUT2D eigenvalue weighted by Crippen LogP contribution is -2.39. The van der Waals surface area contributed by atoms with Crippen LogP contribution in [0.5, 0.6) is 5.75 Å². The van der Waals surface area contributed by atoms with Crippen LogP contribution in [-0.2, 0) is 4.79 Å². The summed E-state index contributed by atoms with van der Waals surface area (Å²) in [5, 5.41) is 11.7. The number of benzene rings is 1. The molecule has 1 aromatic carbocycles. The van der Waals surface area contributed by atoms with Gasteiger partial charge in [-0.3, -0.25) is 4.79 Å². The summed E-state index contributed by atoms with van der Waals surface area (Å²) in [5.74, 6) is 2.96. The summed E-state index contributed by atoms with van der Waals surface area (Å²) >= 11 is 1.27. The number of nitrogens with zero attached hydrogens (tertiary/aromatic N) is 2.